The van der Waals surface area contributed by atoms with Gasteiger partial charge >= 0.3 is 0 Å². The molecular weight excluding hydrogens is 466 g/mol. The molecule has 2 N–H and O–H groups in total. The lowest BCUT2D eigenvalue weighted by Gasteiger charge is -2.57. The SMILES string of the molecule is NC(=O)c1ccc(N2C(=O)CC(N(CCc3ccccc3)C(=O)C34CC5CC(CC(C5)C3)C4)C2=O)cc1. The molecule has 7 rings (SSSR count). The Bertz CT molecular complexity index is 1200. The van der Waals surface area contributed by atoms with Crippen LogP contribution in [0.5, 0.6) is 0 Å². The average Bonchev–Trinajstić information content (AvgIpc) is 3.17. The standard InChI is InChI=1S/C30H33N3O4/c31-27(35)23-6-8-24(9-7-23)33-26(34)15-25(28(33)36)32(11-10-19-4-2-1-3-5-19)29(37)30-16-20-12-21(17-30)14-22(13-20)18-30/h1-9,20-22,25H,10-18H2,(H2,31,35). The summed E-state index contributed by atoms with van der Waals surface area (Å²) < 4.78 is 0. The summed E-state index contributed by atoms with van der Waals surface area (Å²) in [6.07, 6.45) is 7.02. The van der Waals surface area contributed by atoms with E-state index in [9.17, 15) is 19.2 Å². The Hall–Kier alpha value is -3.48. The van der Waals surface area contributed by atoms with Crippen LogP contribution in [0.2, 0.25) is 0 Å². The molecule has 4 amide bonds. The highest BCUT2D eigenvalue weighted by atomic mass is 16.2. The highest BCUT2D eigenvalue weighted by Crippen LogP contribution is 2.60. The van der Waals surface area contributed by atoms with Gasteiger partial charge in [-0.05, 0) is 92.5 Å². The molecule has 192 valence electrons. The van der Waals surface area contributed by atoms with E-state index < -0.39 is 17.4 Å². The highest BCUT2D eigenvalue weighted by Gasteiger charge is 2.57. The molecule has 1 unspecified atom stereocenters. The Balaban J connectivity index is 1.29. The minimum absolute atomic E-state index is 0.0245. The molecular formula is C30H33N3O4. The normalized spacial score (nSPS) is 30.1. The molecule has 5 fully saturated rings. The fourth-order valence-electron chi connectivity index (χ4n) is 7.88. The largest absolute Gasteiger partial charge is 0.366 e. The van der Waals surface area contributed by atoms with Gasteiger partial charge in [0.1, 0.15) is 6.04 Å². The lowest BCUT2D eigenvalue weighted by molar-refractivity contribution is -0.161. The van der Waals surface area contributed by atoms with E-state index in [4.69, 9.17) is 5.73 Å². The predicted octanol–water partition coefficient (Wildman–Crippen LogP) is 3.71. The first-order valence-electron chi connectivity index (χ1n) is 13.4. The van der Waals surface area contributed by atoms with Crippen LogP contribution in [0, 0.1) is 23.2 Å². The van der Waals surface area contributed by atoms with Crippen molar-refractivity contribution in [3.05, 3.63) is 65.7 Å². The maximum atomic E-state index is 14.4. The number of imide groups is 1. The van der Waals surface area contributed by atoms with Crippen molar-refractivity contribution < 1.29 is 19.2 Å². The van der Waals surface area contributed by atoms with Crippen molar-refractivity contribution in [2.75, 3.05) is 11.4 Å². The fraction of sp³-hybridized carbons (Fsp3) is 0.467. The number of primary amides is 1. The number of carbonyl (C=O) groups excluding carboxylic acids is 4. The maximum absolute atomic E-state index is 14.4. The molecule has 7 nitrogen and oxygen atoms in total. The minimum Gasteiger partial charge on any atom is -0.366 e. The molecule has 1 saturated heterocycles. The van der Waals surface area contributed by atoms with Crippen LogP contribution in [-0.4, -0.2) is 41.1 Å². The maximum Gasteiger partial charge on any atom is 0.257 e. The van der Waals surface area contributed by atoms with Crippen LogP contribution in [0.15, 0.2) is 54.6 Å². The molecule has 2 aromatic rings. The second-order valence-electron chi connectivity index (χ2n) is 11.6. The van der Waals surface area contributed by atoms with Crippen molar-refractivity contribution >= 4 is 29.3 Å². The van der Waals surface area contributed by atoms with Crippen molar-refractivity contribution in [2.45, 2.75) is 57.4 Å². The molecule has 4 bridgehead atoms. The van der Waals surface area contributed by atoms with Crippen molar-refractivity contribution in [3.63, 3.8) is 0 Å². The van der Waals surface area contributed by atoms with Gasteiger partial charge in [-0.1, -0.05) is 30.3 Å². The third kappa shape index (κ3) is 4.24. The Kier molecular flexibility index (Phi) is 5.89. The number of nitrogens with zero attached hydrogens (tertiary/aromatic N) is 2. The van der Waals surface area contributed by atoms with Gasteiger partial charge < -0.3 is 10.6 Å². The monoisotopic (exact) mass is 499 g/mol. The van der Waals surface area contributed by atoms with Crippen LogP contribution >= 0.6 is 0 Å². The molecule has 4 saturated carbocycles. The van der Waals surface area contributed by atoms with E-state index in [0.29, 0.717) is 42.0 Å². The van der Waals surface area contributed by atoms with E-state index in [1.165, 1.54) is 31.4 Å². The first-order valence-corrected chi connectivity index (χ1v) is 13.4. The van der Waals surface area contributed by atoms with E-state index in [2.05, 4.69) is 0 Å². The number of hydrogen-bond donors (Lipinski definition) is 1. The molecule has 1 atom stereocenters. The number of carbonyl (C=O) groups is 4. The van der Waals surface area contributed by atoms with E-state index in [-0.39, 0.29) is 24.1 Å². The molecule has 0 spiro atoms. The summed E-state index contributed by atoms with van der Waals surface area (Å²) >= 11 is 0. The van der Waals surface area contributed by atoms with Crippen molar-refractivity contribution in [1.29, 1.82) is 0 Å². The lowest BCUT2D eigenvalue weighted by Crippen LogP contribution is -2.58. The number of nitrogens with two attached hydrogens (primary N) is 1. The van der Waals surface area contributed by atoms with Crippen LogP contribution in [0.3, 0.4) is 0 Å². The van der Waals surface area contributed by atoms with Crippen molar-refractivity contribution in [3.8, 4) is 0 Å². The number of amides is 4. The van der Waals surface area contributed by atoms with Gasteiger partial charge in [-0.25, -0.2) is 4.90 Å². The Labute approximate surface area is 217 Å². The number of hydrogen-bond acceptors (Lipinski definition) is 4. The predicted molar refractivity (Wildman–Crippen MR) is 138 cm³/mol. The topological polar surface area (TPSA) is 101 Å². The Morgan fingerprint density at radius 1 is 0.892 bits per heavy atom. The zero-order valence-electron chi connectivity index (χ0n) is 21.0. The number of benzene rings is 2. The van der Waals surface area contributed by atoms with Crippen LogP contribution in [0.25, 0.3) is 0 Å². The summed E-state index contributed by atoms with van der Waals surface area (Å²) in [6, 6.07) is 15.3. The van der Waals surface area contributed by atoms with Crippen LogP contribution in [0.4, 0.5) is 5.69 Å². The van der Waals surface area contributed by atoms with Gasteiger partial charge in [0.2, 0.25) is 17.7 Å². The minimum atomic E-state index is -0.812. The summed E-state index contributed by atoms with van der Waals surface area (Å²) in [6.45, 7) is 0.405. The van der Waals surface area contributed by atoms with Gasteiger partial charge in [0.25, 0.3) is 5.91 Å². The highest BCUT2D eigenvalue weighted by molar-refractivity contribution is 6.23. The molecule has 0 aromatic heterocycles. The van der Waals surface area contributed by atoms with Gasteiger partial charge in [0, 0.05) is 12.1 Å². The van der Waals surface area contributed by atoms with Gasteiger partial charge in [-0.15, -0.1) is 0 Å². The first kappa shape index (κ1) is 23.9. The third-order valence-corrected chi connectivity index (χ3v) is 9.15. The Morgan fingerprint density at radius 2 is 1.49 bits per heavy atom. The van der Waals surface area contributed by atoms with Crippen molar-refractivity contribution in [1.82, 2.24) is 4.90 Å². The second kappa shape index (κ2) is 9.12. The molecule has 4 aliphatic carbocycles. The molecule has 7 heteroatoms. The van der Waals surface area contributed by atoms with Crippen molar-refractivity contribution in [2.24, 2.45) is 28.9 Å². The smallest absolute Gasteiger partial charge is 0.257 e. The quantitative estimate of drug-likeness (QED) is 0.587. The fourth-order valence-corrected chi connectivity index (χ4v) is 7.88. The number of rotatable bonds is 7. The van der Waals surface area contributed by atoms with E-state index in [1.54, 1.807) is 17.0 Å². The van der Waals surface area contributed by atoms with Gasteiger partial charge in [-0.2, -0.15) is 0 Å². The molecule has 2 aromatic carbocycles. The zero-order valence-corrected chi connectivity index (χ0v) is 21.0. The van der Waals surface area contributed by atoms with Gasteiger partial charge in [-0.3, -0.25) is 19.2 Å². The van der Waals surface area contributed by atoms with E-state index >= 15 is 0 Å². The average molecular weight is 500 g/mol. The summed E-state index contributed by atoms with van der Waals surface area (Å²) in [5.41, 5.74) is 6.74. The van der Waals surface area contributed by atoms with Gasteiger partial charge in [0.15, 0.2) is 0 Å². The molecule has 5 aliphatic rings. The molecule has 1 heterocycles. The van der Waals surface area contributed by atoms with E-state index in [1.807, 2.05) is 30.3 Å². The third-order valence-electron chi connectivity index (χ3n) is 9.15. The molecule has 0 radical (unpaired) electrons. The summed E-state index contributed by atoms with van der Waals surface area (Å²) in [7, 11) is 0. The Morgan fingerprint density at radius 3 is 2.05 bits per heavy atom. The molecule has 1 aliphatic heterocycles. The van der Waals surface area contributed by atoms with Crippen LogP contribution in [-0.2, 0) is 20.8 Å². The number of anilines is 1. The summed E-state index contributed by atoms with van der Waals surface area (Å²) in [5, 5.41) is 0. The van der Waals surface area contributed by atoms with Crippen LogP contribution in [0.1, 0.15) is 60.9 Å². The molecule has 37 heavy (non-hydrogen) atoms. The van der Waals surface area contributed by atoms with E-state index in [0.717, 1.165) is 29.7 Å². The van der Waals surface area contributed by atoms with Gasteiger partial charge in [0.05, 0.1) is 17.5 Å². The summed E-state index contributed by atoms with van der Waals surface area (Å²) in [5.74, 6) is 0.608. The van der Waals surface area contributed by atoms with Crippen LogP contribution < -0.4 is 10.6 Å². The first-order chi connectivity index (χ1) is 17.8. The zero-order chi connectivity index (χ0) is 25.7. The summed E-state index contributed by atoms with van der Waals surface area (Å²) in [4.78, 5) is 55.7. The second-order valence-corrected chi connectivity index (χ2v) is 11.6. The lowest BCUT2D eigenvalue weighted by atomic mass is 9.49.